The van der Waals surface area contributed by atoms with E-state index in [4.69, 9.17) is 19.4 Å². The fraction of sp³-hybridized carbons (Fsp3) is 0.250. The first kappa shape index (κ1) is 29.3. The summed E-state index contributed by atoms with van der Waals surface area (Å²) in [6.07, 6.45) is 7.75. The fourth-order valence-electron chi connectivity index (χ4n) is 4.77. The van der Waals surface area contributed by atoms with E-state index in [0.29, 0.717) is 0 Å². The van der Waals surface area contributed by atoms with Crippen molar-refractivity contribution in [3.63, 3.8) is 0 Å². The van der Waals surface area contributed by atoms with Crippen LogP contribution in [0.3, 0.4) is 0 Å². The summed E-state index contributed by atoms with van der Waals surface area (Å²) in [5, 5.41) is 4.83. The molecule has 0 aliphatic rings. The maximum absolute atomic E-state index is 4.85. The first-order valence-electron chi connectivity index (χ1n) is 12.7. The molecule has 0 N–H and O–H groups in total. The summed E-state index contributed by atoms with van der Waals surface area (Å²) in [5.41, 5.74) is 14.1. The molecule has 7 heteroatoms. The quantitative estimate of drug-likeness (QED) is 0.122. The zero-order valence-corrected chi connectivity index (χ0v) is 26.8. The van der Waals surface area contributed by atoms with Gasteiger partial charge < -0.3 is 0 Å². The predicted molar refractivity (Wildman–Crippen MR) is 164 cm³/mol. The van der Waals surface area contributed by atoms with Gasteiger partial charge in [0.25, 0.3) is 0 Å². The molecule has 0 fully saturated rings. The summed E-state index contributed by atoms with van der Waals surface area (Å²) in [6, 6.07) is 8.67. The Kier molecular flexibility index (Phi) is 9.16. The third-order valence-corrected chi connectivity index (χ3v) is 7.83. The Labute approximate surface area is 245 Å². The molecule has 202 valence electrons. The standard InChI is InChI=1S/2C16H16N2.2ClH.Ru/c2*1-9-7-17-15-13(11(9)3)5-6-14-12(4)10(2)8-18-16(14)15;;;/h2*5-8H,1-4H3;2*1H;/q;;;;+2/p-2. The van der Waals surface area contributed by atoms with E-state index in [9.17, 15) is 0 Å². The Morgan fingerprint density at radius 2 is 0.590 bits per heavy atom. The van der Waals surface area contributed by atoms with Gasteiger partial charge in [-0.15, -0.1) is 0 Å². The minimum atomic E-state index is -0.346. The fourth-order valence-corrected chi connectivity index (χ4v) is 4.77. The summed E-state index contributed by atoms with van der Waals surface area (Å²) in [5.74, 6) is 0. The van der Waals surface area contributed by atoms with Crippen LogP contribution < -0.4 is 0 Å². The van der Waals surface area contributed by atoms with E-state index in [1.807, 2.05) is 24.8 Å². The van der Waals surface area contributed by atoms with E-state index in [0.717, 1.165) is 22.1 Å². The summed E-state index contributed by atoms with van der Waals surface area (Å²) in [6.45, 7) is 17.0. The van der Waals surface area contributed by atoms with Crippen LogP contribution in [-0.2, 0) is 15.1 Å². The van der Waals surface area contributed by atoms with Gasteiger partial charge in [-0.3, -0.25) is 19.9 Å². The number of pyridine rings is 4. The van der Waals surface area contributed by atoms with Gasteiger partial charge >= 0.3 is 34.5 Å². The number of halogens is 2. The molecule has 0 saturated heterocycles. The SMILES string of the molecule is Cc1cnc2c(ccc3c(C)c(C)cnc32)c1C.Cc1cnc2c(ccc3c(C)c(C)cnc32)c1C.[Cl][Ru][Cl]. The van der Waals surface area contributed by atoms with Crippen LogP contribution in [0.15, 0.2) is 49.1 Å². The number of benzene rings is 2. The van der Waals surface area contributed by atoms with Gasteiger partial charge in [-0.2, -0.15) is 0 Å². The van der Waals surface area contributed by atoms with Gasteiger partial charge in [-0.1, -0.05) is 24.3 Å². The number of rotatable bonds is 0. The van der Waals surface area contributed by atoms with Gasteiger partial charge in [0.2, 0.25) is 0 Å². The molecule has 4 heterocycles. The van der Waals surface area contributed by atoms with Gasteiger partial charge in [0.15, 0.2) is 0 Å². The van der Waals surface area contributed by atoms with Crippen molar-refractivity contribution >= 4 is 63.0 Å². The van der Waals surface area contributed by atoms with Crippen LogP contribution in [0, 0.1) is 55.4 Å². The molecule has 6 aromatic rings. The van der Waals surface area contributed by atoms with Crippen LogP contribution in [0.2, 0.25) is 0 Å². The second-order valence-electron chi connectivity index (χ2n) is 10.0. The molecule has 4 nitrogen and oxygen atoms in total. The van der Waals surface area contributed by atoms with Crippen molar-refractivity contribution in [1.82, 2.24) is 19.9 Å². The van der Waals surface area contributed by atoms with Crippen LogP contribution in [0.1, 0.15) is 44.5 Å². The van der Waals surface area contributed by atoms with Crippen LogP contribution in [0.4, 0.5) is 0 Å². The Morgan fingerprint density at radius 1 is 0.410 bits per heavy atom. The van der Waals surface area contributed by atoms with Crippen LogP contribution in [0.5, 0.6) is 0 Å². The average Bonchev–Trinajstić information content (AvgIpc) is 2.93. The minimum absolute atomic E-state index is 0.346. The van der Waals surface area contributed by atoms with Crippen molar-refractivity contribution in [1.29, 1.82) is 0 Å². The maximum atomic E-state index is 4.85. The summed E-state index contributed by atoms with van der Waals surface area (Å²) in [4.78, 5) is 18.3. The van der Waals surface area contributed by atoms with Crippen LogP contribution in [0.25, 0.3) is 43.6 Å². The molecule has 0 atom stereocenters. The molecule has 0 aliphatic heterocycles. The summed E-state index contributed by atoms with van der Waals surface area (Å²) >= 11 is -0.346. The molecular weight excluding hydrogens is 612 g/mol. The Balaban J connectivity index is 0.000000165. The van der Waals surface area contributed by atoms with Gasteiger partial charge in [0.05, 0.1) is 22.1 Å². The van der Waals surface area contributed by atoms with Crippen molar-refractivity contribution < 1.29 is 15.1 Å². The Hall–Kier alpha value is -2.72. The van der Waals surface area contributed by atoms with E-state index in [1.54, 1.807) is 0 Å². The molecule has 0 saturated carbocycles. The van der Waals surface area contributed by atoms with Crippen molar-refractivity contribution in [2.45, 2.75) is 55.4 Å². The number of aromatic nitrogens is 4. The number of hydrogen-bond acceptors (Lipinski definition) is 4. The molecule has 2 aromatic carbocycles. The number of hydrogen-bond donors (Lipinski definition) is 0. The van der Waals surface area contributed by atoms with Gasteiger partial charge in [0, 0.05) is 46.3 Å². The predicted octanol–water partition coefficient (Wildman–Crippen LogP) is 9.41. The number of fused-ring (bicyclic) bond motifs is 6. The van der Waals surface area contributed by atoms with Gasteiger partial charge in [0.1, 0.15) is 0 Å². The molecule has 0 aliphatic carbocycles. The van der Waals surface area contributed by atoms with Gasteiger partial charge in [-0.05, 0) is 99.9 Å². The molecule has 0 spiro atoms. The van der Waals surface area contributed by atoms with E-state index < -0.39 is 0 Å². The zero-order valence-electron chi connectivity index (χ0n) is 23.5. The molecule has 4 aromatic heterocycles. The Bertz CT molecular complexity index is 1580. The summed E-state index contributed by atoms with van der Waals surface area (Å²) in [7, 11) is 9.71. The Morgan fingerprint density at radius 3 is 0.769 bits per heavy atom. The van der Waals surface area contributed by atoms with E-state index >= 15 is 0 Å². The average molecular weight is 645 g/mol. The van der Waals surface area contributed by atoms with Crippen LogP contribution in [-0.4, -0.2) is 19.9 Å². The zero-order chi connectivity index (χ0) is 28.4. The van der Waals surface area contributed by atoms with Gasteiger partial charge in [-0.25, -0.2) is 0 Å². The molecule has 0 amide bonds. The summed E-state index contributed by atoms with van der Waals surface area (Å²) < 4.78 is 0. The molecule has 0 unspecified atom stereocenters. The van der Waals surface area contributed by atoms with E-state index in [2.05, 4.69) is 99.6 Å². The molecule has 6 rings (SSSR count). The number of nitrogens with zero attached hydrogens (tertiary/aromatic N) is 4. The first-order valence-corrected chi connectivity index (χ1v) is 17.1. The van der Waals surface area contributed by atoms with E-state index in [1.165, 1.54) is 66.1 Å². The number of aryl methyl sites for hydroxylation is 8. The monoisotopic (exact) mass is 644 g/mol. The third kappa shape index (κ3) is 5.64. The van der Waals surface area contributed by atoms with Crippen LogP contribution >= 0.6 is 19.4 Å². The molecule has 0 radical (unpaired) electrons. The second-order valence-corrected chi connectivity index (χ2v) is 12.7. The normalized spacial score (nSPS) is 11.0. The van der Waals surface area contributed by atoms with E-state index in [-0.39, 0.29) is 15.1 Å². The molecule has 39 heavy (non-hydrogen) atoms. The molecular formula is C32H32Cl2N4Ru. The van der Waals surface area contributed by atoms with Crippen molar-refractivity contribution in [2.75, 3.05) is 0 Å². The third-order valence-electron chi connectivity index (χ3n) is 7.83. The van der Waals surface area contributed by atoms with Crippen molar-refractivity contribution in [3.8, 4) is 0 Å². The second kappa shape index (κ2) is 12.2. The molecule has 0 bridgehead atoms. The first-order chi connectivity index (χ1) is 18.6. The topological polar surface area (TPSA) is 51.6 Å². The van der Waals surface area contributed by atoms with Crippen molar-refractivity contribution in [2.24, 2.45) is 0 Å². The van der Waals surface area contributed by atoms with Crippen molar-refractivity contribution in [3.05, 3.63) is 93.6 Å².